The number of carbonyl (C=O) groups is 1. The van der Waals surface area contributed by atoms with Crippen molar-refractivity contribution in [1.29, 1.82) is 0 Å². The molecular weight excluding hydrogens is 202 g/mol. The normalized spacial score (nSPS) is 52.9. The van der Waals surface area contributed by atoms with E-state index in [9.17, 15) is 4.79 Å². The maximum Gasteiger partial charge on any atom is 0.332 e. The van der Waals surface area contributed by atoms with Crippen LogP contribution in [0.3, 0.4) is 0 Å². The Morgan fingerprint density at radius 2 is 2.12 bits per heavy atom. The van der Waals surface area contributed by atoms with Crippen molar-refractivity contribution < 1.29 is 4.79 Å². The summed E-state index contributed by atoms with van der Waals surface area (Å²) in [6, 6.07) is -0.554. The fourth-order valence-electron chi connectivity index (χ4n) is 4.81. The van der Waals surface area contributed by atoms with E-state index >= 15 is 0 Å². The summed E-state index contributed by atoms with van der Waals surface area (Å²) in [7, 11) is 0. The van der Waals surface area contributed by atoms with Crippen LogP contribution in [-0.2, 0) is 0 Å². The summed E-state index contributed by atoms with van der Waals surface area (Å²) in [5.74, 6) is 4.58. The summed E-state index contributed by atoms with van der Waals surface area (Å²) in [6.07, 6.45) is 7.25. The van der Waals surface area contributed by atoms with Gasteiger partial charge < -0.3 is 5.73 Å². The number of allylic oxidation sites excluding steroid dienone is 2. The second-order valence-electron chi connectivity index (χ2n) is 5.58. The number of nitrogens with two attached hydrogens (primary N) is 1. The van der Waals surface area contributed by atoms with Crippen molar-refractivity contribution >= 4 is 11.7 Å². The maximum atomic E-state index is 10.7. The van der Waals surface area contributed by atoms with Crippen molar-refractivity contribution in [3.05, 3.63) is 12.2 Å². The van der Waals surface area contributed by atoms with Crippen molar-refractivity contribution in [3.63, 3.8) is 0 Å². The first-order valence-electron chi connectivity index (χ1n) is 6.06. The van der Waals surface area contributed by atoms with Crippen molar-refractivity contribution in [2.24, 2.45) is 46.3 Å². The third-order valence-electron chi connectivity index (χ3n) is 5.15. The Bertz CT molecular complexity index is 428. The van der Waals surface area contributed by atoms with Crippen LogP contribution in [0.2, 0.25) is 0 Å². The van der Waals surface area contributed by atoms with Crippen molar-refractivity contribution in [2.75, 3.05) is 0 Å². The number of carbonyl (C=O) groups excluding carboxylic acids is 1. The standard InChI is InChI=1S/C12H15N3O/c13-12(16)15-14-10-4-8-5-1-2-6-7(5)3-9(8)11(6)10/h1-2,5-9,11H,3-4H2,(H3,13,15,16). The average Bonchev–Trinajstić information content (AvgIpc) is 2.80. The lowest BCUT2D eigenvalue weighted by Gasteiger charge is -2.25. The Labute approximate surface area is 94.0 Å². The number of amides is 2. The predicted octanol–water partition coefficient (Wildman–Crippen LogP) is 1.10. The molecule has 4 heteroatoms. The molecule has 3 fully saturated rings. The van der Waals surface area contributed by atoms with Crippen molar-refractivity contribution in [3.8, 4) is 0 Å². The molecule has 84 valence electrons. The molecule has 0 aromatic carbocycles. The Hall–Kier alpha value is -1.32. The Balaban J connectivity index is 1.69. The van der Waals surface area contributed by atoms with E-state index in [2.05, 4.69) is 22.7 Å². The van der Waals surface area contributed by atoms with Gasteiger partial charge in [-0.05, 0) is 42.4 Å². The molecule has 0 saturated heterocycles. The third-order valence-corrected chi connectivity index (χ3v) is 5.15. The van der Waals surface area contributed by atoms with Crippen LogP contribution in [0.15, 0.2) is 17.3 Å². The van der Waals surface area contributed by atoms with Crippen LogP contribution in [0.25, 0.3) is 0 Å². The summed E-state index contributed by atoms with van der Waals surface area (Å²) in [6.45, 7) is 0. The lowest BCUT2D eigenvalue weighted by Crippen LogP contribution is -2.28. The topological polar surface area (TPSA) is 67.5 Å². The molecule has 6 atom stereocenters. The van der Waals surface area contributed by atoms with E-state index < -0.39 is 6.03 Å². The van der Waals surface area contributed by atoms with Gasteiger partial charge in [0.1, 0.15) is 0 Å². The minimum atomic E-state index is -0.554. The summed E-state index contributed by atoms with van der Waals surface area (Å²) in [4.78, 5) is 10.7. The van der Waals surface area contributed by atoms with Gasteiger partial charge in [-0.25, -0.2) is 10.2 Å². The van der Waals surface area contributed by atoms with Crippen LogP contribution in [0.1, 0.15) is 12.8 Å². The second kappa shape index (κ2) is 2.67. The van der Waals surface area contributed by atoms with Gasteiger partial charge in [0, 0.05) is 11.6 Å². The highest BCUT2D eigenvalue weighted by Gasteiger charge is 2.63. The molecule has 3 saturated carbocycles. The zero-order valence-electron chi connectivity index (χ0n) is 8.97. The van der Waals surface area contributed by atoms with Crippen LogP contribution in [0, 0.1) is 35.5 Å². The second-order valence-corrected chi connectivity index (χ2v) is 5.58. The lowest BCUT2D eigenvalue weighted by molar-refractivity contribution is 0.249. The molecule has 0 spiro atoms. The van der Waals surface area contributed by atoms with Gasteiger partial charge in [0.25, 0.3) is 0 Å². The summed E-state index contributed by atoms with van der Waals surface area (Å²) in [5.41, 5.74) is 8.65. The van der Waals surface area contributed by atoms with Gasteiger partial charge in [0.2, 0.25) is 0 Å². The molecule has 4 aliphatic rings. The molecule has 0 aliphatic heterocycles. The quantitative estimate of drug-likeness (QED) is 0.501. The number of fused-ring (bicyclic) bond motifs is 2. The molecular formula is C12H15N3O. The largest absolute Gasteiger partial charge is 0.350 e. The molecule has 2 bridgehead atoms. The van der Waals surface area contributed by atoms with E-state index in [0.29, 0.717) is 11.8 Å². The fraction of sp³-hybridized carbons (Fsp3) is 0.667. The fourth-order valence-corrected chi connectivity index (χ4v) is 4.81. The number of hydrogen-bond donors (Lipinski definition) is 2. The van der Waals surface area contributed by atoms with Crippen molar-refractivity contribution in [1.82, 2.24) is 5.43 Å². The number of nitrogens with one attached hydrogen (secondary N) is 1. The van der Waals surface area contributed by atoms with Gasteiger partial charge >= 0.3 is 6.03 Å². The molecule has 0 aromatic heterocycles. The molecule has 4 rings (SSSR count). The first kappa shape index (κ1) is 8.79. The number of nitrogens with zero attached hydrogens (tertiary/aromatic N) is 1. The van der Waals surface area contributed by atoms with Crippen molar-refractivity contribution in [2.45, 2.75) is 12.8 Å². The molecule has 16 heavy (non-hydrogen) atoms. The lowest BCUT2D eigenvalue weighted by atomic mass is 9.79. The minimum absolute atomic E-state index is 0.554. The van der Waals surface area contributed by atoms with E-state index in [1.54, 1.807) is 0 Å². The Morgan fingerprint density at radius 1 is 1.31 bits per heavy atom. The molecule has 3 N–H and O–H groups in total. The number of primary amides is 1. The summed E-state index contributed by atoms with van der Waals surface area (Å²) >= 11 is 0. The van der Waals surface area contributed by atoms with Gasteiger partial charge in [-0.3, -0.25) is 0 Å². The first-order chi connectivity index (χ1) is 7.75. The van der Waals surface area contributed by atoms with Gasteiger partial charge in [-0.2, -0.15) is 5.10 Å². The molecule has 0 radical (unpaired) electrons. The first-order valence-corrected chi connectivity index (χ1v) is 6.06. The minimum Gasteiger partial charge on any atom is -0.350 e. The smallest absolute Gasteiger partial charge is 0.332 e. The third kappa shape index (κ3) is 0.867. The number of hydrazone groups is 1. The van der Waals surface area contributed by atoms with Gasteiger partial charge in [-0.1, -0.05) is 12.2 Å². The van der Waals surface area contributed by atoms with E-state index in [0.717, 1.165) is 30.1 Å². The van der Waals surface area contributed by atoms with E-state index in [1.165, 1.54) is 12.1 Å². The van der Waals surface area contributed by atoms with E-state index in [4.69, 9.17) is 5.73 Å². The number of rotatable bonds is 1. The molecule has 2 amide bonds. The Kier molecular flexibility index (Phi) is 1.47. The predicted molar refractivity (Wildman–Crippen MR) is 59.5 cm³/mol. The van der Waals surface area contributed by atoms with E-state index in [-0.39, 0.29) is 0 Å². The van der Waals surface area contributed by atoms with Crippen LogP contribution in [0.5, 0.6) is 0 Å². The molecule has 6 unspecified atom stereocenters. The SMILES string of the molecule is NC(=O)NN=C1CC2C3C=CC4C3CC2C14. The summed E-state index contributed by atoms with van der Waals surface area (Å²) in [5, 5.41) is 4.22. The zero-order valence-corrected chi connectivity index (χ0v) is 8.97. The zero-order chi connectivity index (χ0) is 10.9. The Morgan fingerprint density at radius 3 is 2.94 bits per heavy atom. The van der Waals surface area contributed by atoms with Crippen LogP contribution in [0.4, 0.5) is 4.79 Å². The molecule has 4 aliphatic carbocycles. The maximum absolute atomic E-state index is 10.7. The highest BCUT2D eigenvalue weighted by molar-refractivity contribution is 5.92. The summed E-state index contributed by atoms with van der Waals surface area (Å²) < 4.78 is 0. The van der Waals surface area contributed by atoms with Gasteiger partial charge in [-0.15, -0.1) is 0 Å². The molecule has 0 heterocycles. The molecule has 4 nitrogen and oxygen atoms in total. The van der Waals surface area contributed by atoms with Gasteiger partial charge in [0.15, 0.2) is 0 Å². The number of urea groups is 1. The number of hydrogen-bond acceptors (Lipinski definition) is 2. The van der Waals surface area contributed by atoms with Crippen LogP contribution < -0.4 is 11.2 Å². The highest BCUT2D eigenvalue weighted by atomic mass is 16.2. The highest BCUT2D eigenvalue weighted by Crippen LogP contribution is 2.67. The average molecular weight is 217 g/mol. The van der Waals surface area contributed by atoms with E-state index in [1.807, 2.05) is 0 Å². The van der Waals surface area contributed by atoms with Crippen LogP contribution in [-0.4, -0.2) is 11.7 Å². The van der Waals surface area contributed by atoms with Gasteiger partial charge in [0.05, 0.1) is 0 Å². The van der Waals surface area contributed by atoms with Crippen LogP contribution >= 0.6 is 0 Å². The molecule has 0 aromatic rings. The monoisotopic (exact) mass is 217 g/mol.